The van der Waals surface area contributed by atoms with E-state index in [9.17, 15) is 18.4 Å². The van der Waals surface area contributed by atoms with Crippen LogP contribution in [0.4, 0.5) is 20.2 Å². The van der Waals surface area contributed by atoms with Gasteiger partial charge in [-0.25, -0.2) is 8.78 Å². The molecule has 2 saturated carbocycles. The Morgan fingerprint density at radius 1 is 1.06 bits per heavy atom. The zero-order valence-electron chi connectivity index (χ0n) is 17.7. The maximum Gasteiger partial charge on any atom is 0.272 e. The molecule has 2 aliphatic carbocycles. The number of para-hydroxylation sites is 1. The summed E-state index contributed by atoms with van der Waals surface area (Å²) in [5.74, 6) is -2.22. The number of Topliss-reactive ketones (excluding diaryl/α,β-unsaturated/α-hetero) is 1. The fourth-order valence-corrected chi connectivity index (χ4v) is 3.93. The highest BCUT2D eigenvalue weighted by Crippen LogP contribution is 2.50. The molecule has 0 saturated heterocycles. The van der Waals surface area contributed by atoms with Crippen LogP contribution in [0.15, 0.2) is 48.5 Å². The summed E-state index contributed by atoms with van der Waals surface area (Å²) in [6, 6.07) is 13.7. The van der Waals surface area contributed by atoms with Gasteiger partial charge in [0.05, 0.1) is 5.41 Å². The van der Waals surface area contributed by atoms with Gasteiger partial charge in [0, 0.05) is 43.2 Å². The van der Waals surface area contributed by atoms with Crippen molar-refractivity contribution in [1.82, 2.24) is 5.32 Å². The van der Waals surface area contributed by atoms with E-state index in [0.717, 1.165) is 38.2 Å². The Hall–Kier alpha value is -2.76. The summed E-state index contributed by atoms with van der Waals surface area (Å²) in [5.41, 5.74) is 1.41. The monoisotopic (exact) mass is 426 g/mol. The molecule has 0 aromatic heterocycles. The van der Waals surface area contributed by atoms with E-state index in [1.807, 2.05) is 12.1 Å². The molecule has 0 heterocycles. The highest BCUT2D eigenvalue weighted by Gasteiger charge is 2.51. The van der Waals surface area contributed by atoms with Crippen LogP contribution in [0, 0.1) is 11.3 Å². The van der Waals surface area contributed by atoms with Crippen molar-refractivity contribution in [2.24, 2.45) is 11.3 Å². The van der Waals surface area contributed by atoms with Gasteiger partial charge < -0.3 is 10.6 Å². The smallest absolute Gasteiger partial charge is 0.272 e. The highest BCUT2D eigenvalue weighted by molar-refractivity contribution is 5.92. The summed E-state index contributed by atoms with van der Waals surface area (Å²) in [6.45, 7) is 1.26. The number of anilines is 2. The minimum atomic E-state index is -2.94. The molecule has 1 amide bonds. The summed E-state index contributed by atoms with van der Waals surface area (Å²) >= 11 is 0. The first-order valence-corrected chi connectivity index (χ1v) is 10.9. The van der Waals surface area contributed by atoms with Gasteiger partial charge in [-0.1, -0.05) is 30.3 Å². The molecule has 0 aliphatic heterocycles. The lowest BCUT2D eigenvalue weighted by Gasteiger charge is -2.17. The molecule has 0 atom stereocenters. The van der Waals surface area contributed by atoms with Gasteiger partial charge in [0.1, 0.15) is 5.78 Å². The van der Waals surface area contributed by atoms with Crippen molar-refractivity contribution in [3.05, 3.63) is 59.7 Å². The van der Waals surface area contributed by atoms with Crippen LogP contribution in [-0.4, -0.2) is 11.7 Å². The number of rotatable bonds is 10. The van der Waals surface area contributed by atoms with Gasteiger partial charge in [0.15, 0.2) is 0 Å². The highest BCUT2D eigenvalue weighted by atomic mass is 19.3. The number of hydrogen-bond donors (Lipinski definition) is 2. The molecule has 0 spiro atoms. The summed E-state index contributed by atoms with van der Waals surface area (Å²) in [5, 5.41) is 6.01. The predicted molar refractivity (Wildman–Crippen MR) is 116 cm³/mol. The summed E-state index contributed by atoms with van der Waals surface area (Å²) in [7, 11) is 0. The molecule has 0 unspecified atom stereocenters. The fourth-order valence-electron chi connectivity index (χ4n) is 3.93. The van der Waals surface area contributed by atoms with Gasteiger partial charge in [-0.05, 0) is 55.4 Å². The van der Waals surface area contributed by atoms with Crippen LogP contribution < -0.4 is 10.6 Å². The second-order valence-electron chi connectivity index (χ2n) is 9.08. The zero-order valence-corrected chi connectivity index (χ0v) is 17.7. The number of carbonyl (C=O) groups is 2. The number of hydrogen-bond acceptors (Lipinski definition) is 3. The average Bonchev–Trinajstić information content (AvgIpc) is 3.65. The van der Waals surface area contributed by atoms with Gasteiger partial charge in [-0.15, -0.1) is 0 Å². The lowest BCUT2D eigenvalue weighted by molar-refractivity contribution is -0.131. The van der Waals surface area contributed by atoms with E-state index < -0.39 is 11.3 Å². The van der Waals surface area contributed by atoms with Crippen molar-refractivity contribution in [3.63, 3.8) is 0 Å². The molecule has 2 aromatic rings. The summed E-state index contributed by atoms with van der Waals surface area (Å²) in [6.07, 6.45) is 4.82. The van der Waals surface area contributed by atoms with Crippen molar-refractivity contribution in [1.29, 1.82) is 0 Å². The van der Waals surface area contributed by atoms with E-state index >= 15 is 0 Å². The van der Waals surface area contributed by atoms with Crippen LogP contribution >= 0.6 is 0 Å². The van der Waals surface area contributed by atoms with E-state index in [0.29, 0.717) is 36.7 Å². The quantitative estimate of drug-likeness (QED) is 0.513. The van der Waals surface area contributed by atoms with Crippen molar-refractivity contribution >= 4 is 23.1 Å². The lowest BCUT2D eigenvalue weighted by atomic mass is 9.95. The molecule has 0 bridgehead atoms. The van der Waals surface area contributed by atoms with Crippen molar-refractivity contribution in [3.8, 4) is 0 Å². The fraction of sp³-hybridized carbons (Fsp3) is 0.440. The van der Waals surface area contributed by atoms with Gasteiger partial charge in [0.2, 0.25) is 5.91 Å². The zero-order chi connectivity index (χ0) is 22.1. The minimum absolute atomic E-state index is 0.0436. The van der Waals surface area contributed by atoms with Gasteiger partial charge in [0.25, 0.3) is 5.92 Å². The molecule has 164 valence electrons. The number of alkyl halides is 2. The maximum atomic E-state index is 13.8. The first kappa shape index (κ1) is 21.5. The first-order chi connectivity index (χ1) is 14.7. The van der Waals surface area contributed by atoms with Gasteiger partial charge in [-0.2, -0.15) is 0 Å². The van der Waals surface area contributed by atoms with Crippen LogP contribution in [-0.2, 0) is 22.1 Å². The maximum absolute atomic E-state index is 13.8. The molecule has 31 heavy (non-hydrogen) atoms. The van der Waals surface area contributed by atoms with Crippen LogP contribution in [0.25, 0.3) is 0 Å². The van der Waals surface area contributed by atoms with Crippen LogP contribution in [0.2, 0.25) is 0 Å². The van der Waals surface area contributed by atoms with Gasteiger partial charge in [-0.3, -0.25) is 9.59 Å². The number of halogens is 2. The Morgan fingerprint density at radius 2 is 1.74 bits per heavy atom. The molecule has 4 rings (SSSR count). The first-order valence-electron chi connectivity index (χ1n) is 10.9. The number of nitrogens with one attached hydrogen (secondary N) is 2. The third kappa shape index (κ3) is 5.49. The molecule has 2 N–H and O–H groups in total. The molecule has 6 heteroatoms. The number of amides is 1. The Balaban J connectivity index is 1.31. The van der Waals surface area contributed by atoms with Crippen LogP contribution in [0.3, 0.4) is 0 Å². The van der Waals surface area contributed by atoms with Gasteiger partial charge >= 0.3 is 0 Å². The third-order valence-corrected chi connectivity index (χ3v) is 6.17. The molecular formula is C25H28F2N2O2. The van der Waals surface area contributed by atoms with Crippen LogP contribution in [0.1, 0.15) is 56.6 Å². The predicted octanol–water partition coefficient (Wildman–Crippen LogP) is 5.70. The molecule has 4 nitrogen and oxygen atoms in total. The largest absolute Gasteiger partial charge is 0.355 e. The second kappa shape index (κ2) is 8.40. The SMILES string of the molecule is CC(F)(F)c1ccccc1Nc1ccc(CNC(=O)C2(CC(=O)CC3CC3)CC2)cc1. The van der Waals surface area contributed by atoms with Crippen molar-refractivity contribution in [2.45, 2.75) is 57.9 Å². The molecule has 2 fully saturated rings. The van der Waals surface area contributed by atoms with E-state index in [4.69, 9.17) is 0 Å². The molecular weight excluding hydrogens is 398 g/mol. The van der Waals surface area contributed by atoms with E-state index in [2.05, 4.69) is 10.6 Å². The molecule has 2 aromatic carbocycles. The van der Waals surface area contributed by atoms with Crippen molar-refractivity contribution < 1.29 is 18.4 Å². The normalized spacial score (nSPS) is 17.1. The van der Waals surface area contributed by atoms with Crippen LogP contribution in [0.5, 0.6) is 0 Å². The van der Waals surface area contributed by atoms with E-state index in [-0.39, 0.29) is 17.3 Å². The lowest BCUT2D eigenvalue weighted by Crippen LogP contribution is -2.33. The Morgan fingerprint density at radius 3 is 2.35 bits per heavy atom. The second-order valence-corrected chi connectivity index (χ2v) is 9.08. The number of carbonyl (C=O) groups excluding carboxylic acids is 2. The number of benzene rings is 2. The molecule has 2 aliphatic rings. The summed E-state index contributed by atoms with van der Waals surface area (Å²) < 4.78 is 27.6. The standard InChI is InChI=1S/C25H28F2N2O2/c1-24(26,27)21-4-2-3-5-22(21)29-19-10-8-18(9-11-19)16-28-23(31)25(12-13-25)15-20(30)14-17-6-7-17/h2-5,8-11,17,29H,6-7,12-16H2,1H3,(H,28,31). The Kier molecular flexibility index (Phi) is 5.82. The Labute approximate surface area is 181 Å². The Bertz CT molecular complexity index is 958. The third-order valence-electron chi connectivity index (χ3n) is 6.17. The van der Waals surface area contributed by atoms with Crippen molar-refractivity contribution in [2.75, 3.05) is 5.32 Å². The number of ketones is 1. The summed E-state index contributed by atoms with van der Waals surface area (Å²) in [4.78, 5) is 24.8. The average molecular weight is 427 g/mol. The van der Waals surface area contributed by atoms with E-state index in [1.54, 1.807) is 30.3 Å². The topological polar surface area (TPSA) is 58.2 Å². The molecule has 0 radical (unpaired) electrons. The van der Waals surface area contributed by atoms with E-state index in [1.165, 1.54) is 6.07 Å². The minimum Gasteiger partial charge on any atom is -0.355 e.